The van der Waals surface area contributed by atoms with Crippen LogP contribution in [0.25, 0.3) is 0 Å². The molecule has 0 atom stereocenters. The first kappa shape index (κ1) is 11.5. The van der Waals surface area contributed by atoms with Crippen molar-refractivity contribution < 1.29 is 14.2 Å². The Kier molecular flexibility index (Phi) is 4.09. The quantitative estimate of drug-likeness (QED) is 0.757. The predicted octanol–water partition coefficient (Wildman–Crippen LogP) is 2.07. The third-order valence-electron chi connectivity index (χ3n) is 1.98. The Morgan fingerprint density at radius 1 is 1.07 bits per heavy atom. The van der Waals surface area contributed by atoms with Crippen LogP contribution >= 0.6 is 0 Å². The number of ether oxygens (including phenoxy) is 3. The maximum atomic E-state index is 5.80. The second kappa shape index (κ2) is 5.34. The first-order chi connectivity index (χ1) is 7.22. The second-order valence-corrected chi connectivity index (χ2v) is 3.09. The Hall–Kier alpha value is -1.58. The van der Waals surface area contributed by atoms with Crippen LogP contribution in [0.2, 0.25) is 0 Å². The number of hydrogen-bond donors (Lipinski definition) is 1. The van der Waals surface area contributed by atoms with Crippen molar-refractivity contribution in [3.63, 3.8) is 0 Å². The molecule has 4 nitrogen and oxygen atoms in total. The van der Waals surface area contributed by atoms with Gasteiger partial charge in [0, 0.05) is 12.1 Å². The van der Waals surface area contributed by atoms with Crippen molar-refractivity contribution in [3.05, 3.63) is 12.1 Å². The van der Waals surface area contributed by atoms with Crippen LogP contribution < -0.4 is 19.9 Å². The van der Waals surface area contributed by atoms with Gasteiger partial charge in [-0.05, 0) is 6.42 Å². The summed E-state index contributed by atoms with van der Waals surface area (Å²) in [5, 5.41) is 0. The van der Waals surface area contributed by atoms with Gasteiger partial charge in [0.25, 0.3) is 0 Å². The third-order valence-corrected chi connectivity index (χ3v) is 1.98. The van der Waals surface area contributed by atoms with Gasteiger partial charge in [-0.15, -0.1) is 0 Å². The average Bonchev–Trinajstić information content (AvgIpc) is 2.27. The largest absolute Gasteiger partial charge is 0.493 e. The van der Waals surface area contributed by atoms with Crippen LogP contribution in [0, 0.1) is 0 Å². The van der Waals surface area contributed by atoms with E-state index in [4.69, 9.17) is 19.9 Å². The van der Waals surface area contributed by atoms with Crippen molar-refractivity contribution in [2.75, 3.05) is 26.6 Å². The van der Waals surface area contributed by atoms with Crippen LogP contribution in [-0.2, 0) is 0 Å². The zero-order valence-corrected chi connectivity index (χ0v) is 9.37. The lowest BCUT2D eigenvalue weighted by Gasteiger charge is -2.12. The van der Waals surface area contributed by atoms with E-state index < -0.39 is 0 Å². The number of nitrogens with two attached hydrogens (primary N) is 1. The first-order valence-electron chi connectivity index (χ1n) is 4.87. The summed E-state index contributed by atoms with van der Waals surface area (Å²) in [6.07, 6.45) is 0.938. The monoisotopic (exact) mass is 211 g/mol. The van der Waals surface area contributed by atoms with E-state index in [2.05, 4.69) is 0 Å². The van der Waals surface area contributed by atoms with Gasteiger partial charge in [0.2, 0.25) is 0 Å². The van der Waals surface area contributed by atoms with Crippen molar-refractivity contribution in [2.24, 2.45) is 0 Å². The molecule has 0 heterocycles. The maximum absolute atomic E-state index is 5.80. The Morgan fingerprint density at radius 3 is 2.20 bits per heavy atom. The van der Waals surface area contributed by atoms with Gasteiger partial charge in [-0.3, -0.25) is 0 Å². The molecular weight excluding hydrogens is 194 g/mol. The molecule has 0 unspecified atom stereocenters. The van der Waals surface area contributed by atoms with Crippen LogP contribution in [0.3, 0.4) is 0 Å². The minimum atomic E-state index is 0.557. The Morgan fingerprint density at radius 2 is 1.67 bits per heavy atom. The molecule has 0 aliphatic heterocycles. The molecule has 0 aliphatic carbocycles. The zero-order valence-electron chi connectivity index (χ0n) is 9.37. The van der Waals surface area contributed by atoms with Crippen molar-refractivity contribution in [1.82, 2.24) is 0 Å². The predicted molar refractivity (Wildman–Crippen MR) is 59.7 cm³/mol. The number of hydrogen-bond acceptors (Lipinski definition) is 4. The summed E-state index contributed by atoms with van der Waals surface area (Å²) in [5.74, 6) is 1.87. The summed E-state index contributed by atoms with van der Waals surface area (Å²) in [6, 6.07) is 3.44. The van der Waals surface area contributed by atoms with Crippen molar-refractivity contribution in [3.8, 4) is 17.2 Å². The lowest BCUT2D eigenvalue weighted by Crippen LogP contribution is -2.00. The van der Waals surface area contributed by atoms with E-state index >= 15 is 0 Å². The summed E-state index contributed by atoms with van der Waals surface area (Å²) in [5.41, 5.74) is 6.36. The third kappa shape index (κ3) is 2.68. The lowest BCUT2D eigenvalue weighted by atomic mass is 10.2. The minimum Gasteiger partial charge on any atom is -0.493 e. The molecule has 0 spiro atoms. The highest BCUT2D eigenvalue weighted by Gasteiger charge is 2.09. The normalized spacial score (nSPS) is 9.80. The Bertz CT molecular complexity index is 326. The molecular formula is C11H17NO3. The summed E-state index contributed by atoms with van der Waals surface area (Å²) >= 11 is 0. The fraction of sp³-hybridized carbons (Fsp3) is 0.455. The lowest BCUT2D eigenvalue weighted by molar-refractivity contribution is 0.312. The van der Waals surface area contributed by atoms with E-state index in [0.29, 0.717) is 29.5 Å². The number of methoxy groups -OCH3 is 2. The highest BCUT2D eigenvalue weighted by atomic mass is 16.5. The first-order valence-corrected chi connectivity index (χ1v) is 4.87. The summed E-state index contributed by atoms with van der Waals surface area (Å²) < 4.78 is 15.7. The molecule has 0 saturated heterocycles. The average molecular weight is 211 g/mol. The van der Waals surface area contributed by atoms with Crippen LogP contribution in [-0.4, -0.2) is 20.8 Å². The molecule has 84 valence electrons. The fourth-order valence-electron chi connectivity index (χ4n) is 1.21. The standard InChI is InChI=1S/C11H17NO3/c1-4-5-15-9-7-11(14-3)10(13-2)6-8(9)12/h6-7H,4-5,12H2,1-3H3. The molecule has 0 aliphatic rings. The van der Waals surface area contributed by atoms with E-state index in [1.807, 2.05) is 6.92 Å². The summed E-state index contributed by atoms with van der Waals surface area (Å²) in [7, 11) is 3.15. The van der Waals surface area contributed by atoms with Gasteiger partial charge in [0.1, 0.15) is 5.75 Å². The molecule has 4 heteroatoms. The molecule has 0 saturated carbocycles. The molecule has 15 heavy (non-hydrogen) atoms. The van der Waals surface area contributed by atoms with Crippen molar-refractivity contribution in [2.45, 2.75) is 13.3 Å². The van der Waals surface area contributed by atoms with Gasteiger partial charge in [0.05, 0.1) is 26.5 Å². The number of nitrogen functional groups attached to an aromatic ring is 1. The molecule has 0 bridgehead atoms. The van der Waals surface area contributed by atoms with E-state index in [-0.39, 0.29) is 0 Å². The topological polar surface area (TPSA) is 53.7 Å². The molecule has 0 radical (unpaired) electrons. The van der Waals surface area contributed by atoms with Crippen molar-refractivity contribution in [1.29, 1.82) is 0 Å². The number of rotatable bonds is 5. The molecule has 2 N–H and O–H groups in total. The Balaban J connectivity index is 2.97. The highest BCUT2D eigenvalue weighted by molar-refractivity contribution is 5.61. The second-order valence-electron chi connectivity index (χ2n) is 3.09. The van der Waals surface area contributed by atoms with Crippen LogP contribution in [0.1, 0.15) is 13.3 Å². The number of anilines is 1. The number of benzene rings is 1. The molecule has 0 aromatic heterocycles. The van der Waals surface area contributed by atoms with Gasteiger partial charge in [-0.2, -0.15) is 0 Å². The van der Waals surface area contributed by atoms with E-state index in [0.717, 1.165) is 6.42 Å². The summed E-state index contributed by atoms with van der Waals surface area (Å²) in [4.78, 5) is 0. The smallest absolute Gasteiger partial charge is 0.164 e. The maximum Gasteiger partial charge on any atom is 0.164 e. The van der Waals surface area contributed by atoms with Gasteiger partial charge in [-0.25, -0.2) is 0 Å². The van der Waals surface area contributed by atoms with Crippen molar-refractivity contribution >= 4 is 5.69 Å². The Labute approximate surface area is 89.9 Å². The van der Waals surface area contributed by atoms with Gasteiger partial charge in [0.15, 0.2) is 11.5 Å². The van der Waals surface area contributed by atoms with Crippen LogP contribution in [0.5, 0.6) is 17.2 Å². The van der Waals surface area contributed by atoms with E-state index in [9.17, 15) is 0 Å². The van der Waals surface area contributed by atoms with Gasteiger partial charge in [-0.1, -0.05) is 6.92 Å². The molecule has 0 fully saturated rings. The fourth-order valence-corrected chi connectivity index (χ4v) is 1.21. The molecule has 1 aromatic carbocycles. The van der Waals surface area contributed by atoms with Crippen LogP contribution in [0.4, 0.5) is 5.69 Å². The molecule has 0 amide bonds. The van der Waals surface area contributed by atoms with Gasteiger partial charge >= 0.3 is 0 Å². The minimum absolute atomic E-state index is 0.557. The highest BCUT2D eigenvalue weighted by Crippen LogP contribution is 2.36. The van der Waals surface area contributed by atoms with Gasteiger partial charge < -0.3 is 19.9 Å². The SMILES string of the molecule is CCCOc1cc(OC)c(OC)cc1N. The van der Waals surface area contributed by atoms with Crippen LogP contribution in [0.15, 0.2) is 12.1 Å². The zero-order chi connectivity index (χ0) is 11.3. The van der Waals surface area contributed by atoms with E-state index in [1.54, 1.807) is 26.4 Å². The molecule has 1 aromatic rings. The summed E-state index contributed by atoms with van der Waals surface area (Å²) in [6.45, 7) is 2.68. The molecule has 1 rings (SSSR count). The van der Waals surface area contributed by atoms with E-state index in [1.165, 1.54) is 0 Å².